The van der Waals surface area contributed by atoms with Gasteiger partial charge in [-0.05, 0) is 236 Å². The van der Waals surface area contributed by atoms with E-state index in [0.717, 1.165) is 96.2 Å². The first kappa shape index (κ1) is 106. The van der Waals surface area contributed by atoms with Crippen LogP contribution in [0.4, 0.5) is 51.8 Å². The summed E-state index contributed by atoms with van der Waals surface area (Å²) in [5, 5.41) is 0. The lowest BCUT2D eigenvalue weighted by Crippen LogP contribution is -3.00. The van der Waals surface area contributed by atoms with E-state index in [2.05, 4.69) is 381 Å². The molecular formula is C105H94B4F16O4. The molecule has 16 rings (SSSR count). The number of rotatable bonds is 12. The van der Waals surface area contributed by atoms with Gasteiger partial charge in [-0.25, -0.2) is 17.7 Å². The van der Waals surface area contributed by atoms with E-state index in [0.29, 0.717) is 0 Å². The van der Waals surface area contributed by atoms with Gasteiger partial charge in [0.1, 0.15) is 0 Å². The van der Waals surface area contributed by atoms with Gasteiger partial charge in [0, 0.05) is 22.3 Å². The van der Waals surface area contributed by atoms with Crippen LogP contribution in [0.5, 0.6) is 0 Å². The highest BCUT2D eigenvalue weighted by Gasteiger charge is 2.28. The van der Waals surface area contributed by atoms with E-state index in [4.69, 9.17) is 17.7 Å². The SMILES string of the molecule is Cc1ccc(-c2cc(-c3c(C)cc(C)cc3C)cc(-c3ccc(C)cc3)[o+]2)cc1.Cc1ccc(-c2cc(-c3c(C)cc(C)cc3C)cc(-c3ccc(C)cc3)[o+]2)cc1.Cc1ccccc1-c1cc(-c2ccccc2)[o+]c(-c2ccccc2)c1.Cc1ccccc1-c1cc(-c2ccccc2)cc(-c2ccccc2C)[o+]1.FB(F)F.FB(F)F.FB(F)F.FB(F)F.[F-].[F-].[F-].[F-]. The molecule has 24 heteroatoms. The van der Waals surface area contributed by atoms with Gasteiger partial charge in [0.25, 0.3) is 0 Å². The van der Waals surface area contributed by atoms with Crippen LogP contribution in [-0.2, 0) is 0 Å². The summed E-state index contributed by atoms with van der Waals surface area (Å²) in [5.74, 6) is 7.08. The van der Waals surface area contributed by atoms with Gasteiger partial charge in [0.05, 0.1) is 93.0 Å². The van der Waals surface area contributed by atoms with Crippen LogP contribution in [0.15, 0.2) is 351 Å². The van der Waals surface area contributed by atoms with Gasteiger partial charge < -0.3 is 18.8 Å². The molecule has 16 aromatic rings. The molecule has 0 saturated carbocycles. The van der Waals surface area contributed by atoms with E-state index >= 15 is 0 Å². The van der Waals surface area contributed by atoms with Crippen LogP contribution in [-0.4, -0.2) is 30.2 Å². The third-order valence-electron chi connectivity index (χ3n) is 19.9. The molecule has 0 saturated heterocycles. The number of halogens is 16. The van der Waals surface area contributed by atoms with Crippen LogP contribution in [0, 0.1) is 90.0 Å². The van der Waals surface area contributed by atoms with Crippen LogP contribution in [0.25, 0.3) is 135 Å². The average molecular weight is 1770 g/mol. The number of aryl methyl sites for hydroxylation is 13. The lowest BCUT2D eigenvalue weighted by molar-refractivity contribution is -0.00100. The Hall–Kier alpha value is -13.6. The molecule has 12 aromatic carbocycles. The molecule has 129 heavy (non-hydrogen) atoms. The molecule has 662 valence electrons. The largest absolute Gasteiger partial charge is 1.00 e. The lowest BCUT2D eigenvalue weighted by atomic mass is 9.92. The second kappa shape index (κ2) is 51.9. The number of hydrogen-bond donors (Lipinski definition) is 0. The van der Waals surface area contributed by atoms with Crippen molar-refractivity contribution in [3.63, 3.8) is 0 Å². The third kappa shape index (κ3) is 32.3. The summed E-state index contributed by atoms with van der Waals surface area (Å²) in [5.41, 5.74) is 34.9. The topological polar surface area (TPSA) is 45.2 Å². The van der Waals surface area contributed by atoms with Gasteiger partial charge in [-0.15, -0.1) is 0 Å². The van der Waals surface area contributed by atoms with Gasteiger partial charge in [-0.3, -0.25) is 51.8 Å². The zero-order valence-corrected chi connectivity index (χ0v) is 73.2. The molecule has 0 amide bonds. The highest BCUT2D eigenvalue weighted by atomic mass is 19.4. The minimum absolute atomic E-state index is 0. The summed E-state index contributed by atoms with van der Waals surface area (Å²) >= 11 is 0. The first-order valence-electron chi connectivity index (χ1n) is 40.2. The zero-order valence-electron chi connectivity index (χ0n) is 73.2. The van der Waals surface area contributed by atoms with Crippen molar-refractivity contribution < 1.29 is 88.3 Å². The number of benzene rings is 12. The molecule has 0 aliphatic heterocycles. The quantitative estimate of drug-likeness (QED) is 0.0695. The maximum Gasteiger partial charge on any atom is 0.762 e. The van der Waals surface area contributed by atoms with Gasteiger partial charge in [-0.2, -0.15) is 0 Å². The maximum absolute atomic E-state index is 9.67. The Morgan fingerprint density at radius 3 is 0.581 bits per heavy atom. The molecule has 0 bridgehead atoms. The Kier molecular flexibility index (Phi) is 42.6. The Labute approximate surface area is 745 Å². The maximum atomic E-state index is 9.67. The van der Waals surface area contributed by atoms with Crippen molar-refractivity contribution in [3.05, 3.63) is 406 Å². The van der Waals surface area contributed by atoms with Crippen LogP contribution in [0.2, 0.25) is 0 Å². The monoisotopic (exact) mass is 1770 g/mol. The molecule has 0 spiro atoms. The summed E-state index contributed by atoms with van der Waals surface area (Å²) in [4.78, 5) is 0. The average Bonchev–Trinajstić information content (AvgIpc) is 0.795. The van der Waals surface area contributed by atoms with Gasteiger partial charge in [0.15, 0.2) is 0 Å². The Morgan fingerprint density at radius 2 is 0.341 bits per heavy atom. The van der Waals surface area contributed by atoms with E-state index < -0.39 is 30.2 Å². The second-order valence-electron chi connectivity index (χ2n) is 29.8. The molecule has 0 N–H and O–H groups in total. The minimum atomic E-state index is -3.67. The van der Waals surface area contributed by atoms with Gasteiger partial charge in [0.2, 0.25) is 0 Å². The smallest absolute Gasteiger partial charge is 0.762 e. The molecule has 0 radical (unpaired) electrons. The molecule has 0 atom stereocenters. The molecule has 4 nitrogen and oxygen atoms in total. The van der Waals surface area contributed by atoms with Crippen molar-refractivity contribution in [1.82, 2.24) is 0 Å². The highest BCUT2D eigenvalue weighted by Crippen LogP contribution is 2.41. The second-order valence-corrected chi connectivity index (χ2v) is 29.8. The Morgan fingerprint density at radius 1 is 0.155 bits per heavy atom. The normalized spacial score (nSPS) is 9.96. The third-order valence-corrected chi connectivity index (χ3v) is 19.9. The van der Waals surface area contributed by atoms with Crippen molar-refractivity contribution in [2.75, 3.05) is 0 Å². The predicted octanol–water partition coefficient (Wildman–Crippen LogP) is 21.8. The molecular weight excluding hydrogens is 1670 g/mol. The van der Waals surface area contributed by atoms with Crippen LogP contribution >= 0.6 is 0 Å². The first-order valence-corrected chi connectivity index (χ1v) is 40.2. The summed E-state index contributed by atoms with van der Waals surface area (Å²) in [6, 6.07) is 116. The fourth-order valence-electron chi connectivity index (χ4n) is 14.3. The van der Waals surface area contributed by atoms with Crippen LogP contribution in [0.1, 0.15) is 72.3 Å². The molecule has 4 heterocycles. The van der Waals surface area contributed by atoms with Gasteiger partial charge >= 0.3 is 76.3 Å². The van der Waals surface area contributed by atoms with Crippen molar-refractivity contribution >= 4 is 30.2 Å². The predicted molar refractivity (Wildman–Crippen MR) is 496 cm³/mol. The van der Waals surface area contributed by atoms with E-state index in [1.165, 1.54) is 111 Å². The highest BCUT2D eigenvalue weighted by molar-refractivity contribution is 6.34. The van der Waals surface area contributed by atoms with Crippen molar-refractivity contribution in [1.29, 1.82) is 0 Å². The van der Waals surface area contributed by atoms with E-state index in [-0.39, 0.29) is 18.8 Å². The van der Waals surface area contributed by atoms with Crippen LogP contribution in [0.3, 0.4) is 0 Å². The molecule has 0 aliphatic carbocycles. The van der Waals surface area contributed by atoms with Crippen molar-refractivity contribution in [3.8, 4) is 135 Å². The zero-order chi connectivity index (χ0) is 90.4. The van der Waals surface area contributed by atoms with Gasteiger partial charge in [-0.1, -0.05) is 234 Å². The fraction of sp³-hybridized carbons (Fsp3) is 0.124. The van der Waals surface area contributed by atoms with E-state index in [1.54, 1.807) is 0 Å². The molecule has 4 aromatic heterocycles. The van der Waals surface area contributed by atoms with E-state index in [1.807, 2.05) is 42.5 Å². The standard InChI is InChI=1S/2C28H27O.C25H21O.C24H19O.4BF3.4FH/c2*1-18-6-10-23(11-7-18)26-16-25(28-21(4)14-20(3)15-22(28)5)17-27(29-26)24-12-8-19(2)9-13-24;1-18-10-6-8-14-22(18)24-16-21(20-12-4-3-5-13-20)17-25(26-24)23-15-9-7-11-19(23)2;1-18-10-8-9-15-22(18)21-16-23(19-11-4-2-5-12-19)25-24(17-21)20-13-6-3-7-14-20;4*2-1(3)4;;;;/h2*6-17H,1-5H3;3-17H,1-2H3;2-17H,1H3;;;;;4*1H/q4*+1;;;;;;;;/p-4. The summed E-state index contributed by atoms with van der Waals surface area (Å²) in [6.45, 7) is 27.9. The Balaban J connectivity index is 0.000000285. The Bertz CT molecular complexity index is 5620. The molecule has 0 aliphatic rings. The first-order chi connectivity index (χ1) is 59.8. The van der Waals surface area contributed by atoms with Crippen LogP contribution < -0.4 is 18.8 Å². The van der Waals surface area contributed by atoms with E-state index in [9.17, 15) is 51.8 Å². The lowest BCUT2D eigenvalue weighted by Gasteiger charge is -2.11. The van der Waals surface area contributed by atoms with Crippen molar-refractivity contribution in [2.45, 2.75) is 90.0 Å². The summed E-state index contributed by atoms with van der Waals surface area (Å²) in [6.07, 6.45) is 0. The fourth-order valence-corrected chi connectivity index (χ4v) is 14.3. The molecule has 0 unspecified atom stereocenters. The summed E-state index contributed by atoms with van der Waals surface area (Å²) < 4.78 is 141. The molecule has 0 fully saturated rings. The number of hydrogen-bond acceptors (Lipinski definition) is 0. The van der Waals surface area contributed by atoms with Crippen molar-refractivity contribution in [2.24, 2.45) is 0 Å². The summed E-state index contributed by atoms with van der Waals surface area (Å²) in [7, 11) is -14.7. The minimum Gasteiger partial charge on any atom is -1.00 e.